The van der Waals surface area contributed by atoms with E-state index in [1.807, 2.05) is 6.07 Å². The molecule has 1 atom stereocenters. The van der Waals surface area contributed by atoms with Gasteiger partial charge >= 0.3 is 0 Å². The van der Waals surface area contributed by atoms with E-state index in [0.717, 1.165) is 8.95 Å². The SMILES string of the molecule is Cl.NC[C@H](N)c1c(O)cc(Br)cc1Br. The molecular weight excluding hydrogens is 335 g/mol. The van der Waals surface area contributed by atoms with Crippen molar-refractivity contribution in [2.45, 2.75) is 6.04 Å². The summed E-state index contributed by atoms with van der Waals surface area (Å²) in [6, 6.07) is 3.07. The van der Waals surface area contributed by atoms with Crippen molar-refractivity contribution < 1.29 is 5.11 Å². The highest BCUT2D eigenvalue weighted by Gasteiger charge is 2.13. The van der Waals surface area contributed by atoms with Gasteiger partial charge in [0.2, 0.25) is 0 Å². The molecule has 14 heavy (non-hydrogen) atoms. The van der Waals surface area contributed by atoms with Crippen LogP contribution in [0.3, 0.4) is 0 Å². The highest BCUT2D eigenvalue weighted by atomic mass is 79.9. The molecule has 1 aromatic rings. The molecule has 0 saturated heterocycles. The van der Waals surface area contributed by atoms with Gasteiger partial charge in [0.05, 0.1) is 0 Å². The lowest BCUT2D eigenvalue weighted by Gasteiger charge is -2.13. The second kappa shape index (κ2) is 5.92. The van der Waals surface area contributed by atoms with Crippen LogP contribution < -0.4 is 11.5 Å². The van der Waals surface area contributed by atoms with Crippen molar-refractivity contribution in [3.8, 4) is 5.75 Å². The van der Waals surface area contributed by atoms with Crippen molar-refractivity contribution >= 4 is 44.3 Å². The third-order valence-corrected chi connectivity index (χ3v) is 2.81. The van der Waals surface area contributed by atoms with Crippen molar-refractivity contribution in [1.29, 1.82) is 0 Å². The van der Waals surface area contributed by atoms with E-state index in [1.54, 1.807) is 6.07 Å². The average Bonchev–Trinajstić information content (AvgIpc) is 2.02. The maximum Gasteiger partial charge on any atom is 0.122 e. The monoisotopic (exact) mass is 344 g/mol. The Balaban J connectivity index is 0.00000169. The number of benzene rings is 1. The molecule has 1 aromatic carbocycles. The predicted molar refractivity (Wildman–Crippen MR) is 66.7 cm³/mol. The first kappa shape index (κ1) is 14.2. The van der Waals surface area contributed by atoms with Crippen LogP contribution in [0.15, 0.2) is 21.1 Å². The summed E-state index contributed by atoms with van der Waals surface area (Å²) in [7, 11) is 0. The average molecular weight is 346 g/mol. The Kier molecular flexibility index (Phi) is 6.00. The van der Waals surface area contributed by atoms with Crippen LogP contribution in [0, 0.1) is 0 Å². The molecule has 6 heteroatoms. The number of aromatic hydroxyl groups is 1. The lowest BCUT2D eigenvalue weighted by atomic mass is 10.1. The maximum atomic E-state index is 9.58. The van der Waals surface area contributed by atoms with Gasteiger partial charge in [0, 0.05) is 27.1 Å². The molecule has 0 fully saturated rings. The molecule has 3 nitrogen and oxygen atoms in total. The van der Waals surface area contributed by atoms with E-state index >= 15 is 0 Å². The molecule has 0 amide bonds. The zero-order valence-corrected chi connectivity index (χ0v) is 11.2. The fourth-order valence-electron chi connectivity index (χ4n) is 1.06. The van der Waals surface area contributed by atoms with Crippen molar-refractivity contribution in [3.05, 3.63) is 26.6 Å². The van der Waals surface area contributed by atoms with Crippen LogP contribution in [-0.2, 0) is 0 Å². The number of phenols is 1. The van der Waals surface area contributed by atoms with Gasteiger partial charge in [-0.3, -0.25) is 0 Å². The Bertz CT molecular complexity index is 299. The Morgan fingerprint density at radius 1 is 1.36 bits per heavy atom. The van der Waals surface area contributed by atoms with E-state index in [2.05, 4.69) is 31.9 Å². The maximum absolute atomic E-state index is 9.58. The molecule has 1 rings (SSSR count). The molecule has 0 bridgehead atoms. The Labute approximate surface area is 106 Å². The van der Waals surface area contributed by atoms with Crippen LogP contribution in [0.2, 0.25) is 0 Å². The summed E-state index contributed by atoms with van der Waals surface area (Å²) in [5.41, 5.74) is 11.8. The van der Waals surface area contributed by atoms with Gasteiger partial charge in [-0.2, -0.15) is 0 Å². The van der Waals surface area contributed by atoms with Crippen LogP contribution in [-0.4, -0.2) is 11.7 Å². The second-order valence-electron chi connectivity index (χ2n) is 2.66. The summed E-state index contributed by atoms with van der Waals surface area (Å²) in [5, 5.41) is 9.58. The molecule has 80 valence electrons. The van der Waals surface area contributed by atoms with Crippen molar-refractivity contribution in [1.82, 2.24) is 0 Å². The van der Waals surface area contributed by atoms with E-state index in [-0.39, 0.29) is 24.2 Å². The van der Waals surface area contributed by atoms with Gasteiger partial charge in [-0.25, -0.2) is 0 Å². The third-order valence-electron chi connectivity index (χ3n) is 1.70. The first-order chi connectivity index (χ1) is 6.06. The van der Waals surface area contributed by atoms with E-state index in [9.17, 15) is 5.11 Å². The third kappa shape index (κ3) is 3.10. The molecule has 0 aliphatic heterocycles. The Morgan fingerprint density at radius 2 is 1.93 bits per heavy atom. The number of hydrogen-bond donors (Lipinski definition) is 3. The zero-order chi connectivity index (χ0) is 10.0. The molecule has 0 aliphatic rings. The van der Waals surface area contributed by atoms with Crippen molar-refractivity contribution in [3.63, 3.8) is 0 Å². The van der Waals surface area contributed by atoms with E-state index in [4.69, 9.17) is 11.5 Å². The van der Waals surface area contributed by atoms with Crippen LogP contribution >= 0.6 is 44.3 Å². The van der Waals surface area contributed by atoms with Crippen LogP contribution in [0.4, 0.5) is 0 Å². The summed E-state index contributed by atoms with van der Waals surface area (Å²) >= 11 is 6.57. The van der Waals surface area contributed by atoms with Gasteiger partial charge in [0.15, 0.2) is 0 Å². The number of phenolic OH excluding ortho intramolecular Hbond substituents is 1. The largest absolute Gasteiger partial charge is 0.508 e. The Hall–Kier alpha value is 0.190. The van der Waals surface area contributed by atoms with Crippen molar-refractivity contribution in [2.75, 3.05) is 6.54 Å². The van der Waals surface area contributed by atoms with Gasteiger partial charge in [-0.05, 0) is 12.1 Å². The first-order valence-corrected chi connectivity index (χ1v) is 5.28. The number of halogens is 3. The molecule has 0 unspecified atom stereocenters. The summed E-state index contributed by atoms with van der Waals surface area (Å²) in [6.45, 7) is 0.299. The quantitative estimate of drug-likeness (QED) is 0.769. The van der Waals surface area contributed by atoms with Crippen LogP contribution in [0.25, 0.3) is 0 Å². The van der Waals surface area contributed by atoms with Crippen LogP contribution in [0.5, 0.6) is 5.75 Å². The zero-order valence-electron chi connectivity index (χ0n) is 7.21. The summed E-state index contributed by atoms with van der Waals surface area (Å²) in [6.07, 6.45) is 0. The summed E-state index contributed by atoms with van der Waals surface area (Å²) in [5.74, 6) is 0.152. The molecule has 0 aliphatic carbocycles. The van der Waals surface area contributed by atoms with Gasteiger partial charge < -0.3 is 16.6 Å². The normalized spacial score (nSPS) is 12.0. The lowest BCUT2D eigenvalue weighted by molar-refractivity contribution is 0.461. The molecule has 0 heterocycles. The summed E-state index contributed by atoms with van der Waals surface area (Å²) < 4.78 is 1.56. The number of rotatable bonds is 2. The number of hydrogen-bond acceptors (Lipinski definition) is 3. The fourth-order valence-corrected chi connectivity index (χ4v) is 2.55. The molecular formula is C8H11Br2ClN2O. The lowest BCUT2D eigenvalue weighted by Crippen LogP contribution is -2.21. The molecule has 0 radical (unpaired) electrons. The summed E-state index contributed by atoms with van der Waals surface area (Å²) in [4.78, 5) is 0. The minimum atomic E-state index is -0.345. The van der Waals surface area contributed by atoms with E-state index in [0.29, 0.717) is 12.1 Å². The van der Waals surface area contributed by atoms with Crippen molar-refractivity contribution in [2.24, 2.45) is 11.5 Å². The second-order valence-corrected chi connectivity index (χ2v) is 4.43. The number of nitrogens with two attached hydrogens (primary N) is 2. The molecule has 0 saturated carbocycles. The molecule has 5 N–H and O–H groups in total. The van der Waals surface area contributed by atoms with E-state index in [1.165, 1.54) is 0 Å². The van der Waals surface area contributed by atoms with E-state index < -0.39 is 0 Å². The van der Waals surface area contributed by atoms with Gasteiger partial charge in [-0.1, -0.05) is 31.9 Å². The predicted octanol–water partition coefficient (Wildman–Crippen LogP) is 2.30. The molecule has 0 spiro atoms. The fraction of sp³-hybridized carbons (Fsp3) is 0.250. The minimum Gasteiger partial charge on any atom is -0.508 e. The molecule has 0 aromatic heterocycles. The highest BCUT2D eigenvalue weighted by molar-refractivity contribution is 9.11. The first-order valence-electron chi connectivity index (χ1n) is 3.69. The van der Waals surface area contributed by atoms with Gasteiger partial charge in [0.1, 0.15) is 5.75 Å². The standard InChI is InChI=1S/C8H10Br2N2O.ClH/c9-4-1-5(10)8(6(12)3-11)7(13)2-4;/h1-2,6,13H,3,11-12H2;1H/t6-;/m0./s1. The Morgan fingerprint density at radius 3 is 2.36 bits per heavy atom. The van der Waals surface area contributed by atoms with Crippen LogP contribution in [0.1, 0.15) is 11.6 Å². The van der Waals surface area contributed by atoms with Gasteiger partial charge in [-0.15, -0.1) is 12.4 Å². The topological polar surface area (TPSA) is 72.3 Å². The smallest absolute Gasteiger partial charge is 0.122 e. The highest BCUT2D eigenvalue weighted by Crippen LogP contribution is 2.33. The van der Waals surface area contributed by atoms with Gasteiger partial charge in [0.25, 0.3) is 0 Å². The minimum absolute atomic E-state index is 0.